The van der Waals surface area contributed by atoms with Crippen LogP contribution in [0.5, 0.6) is 0 Å². The smallest absolute Gasteiger partial charge is 0.00223 e. The van der Waals surface area contributed by atoms with Crippen LogP contribution in [0.4, 0.5) is 0 Å². The van der Waals surface area contributed by atoms with E-state index in [-0.39, 0.29) is 7.12 Å². The quantitative estimate of drug-likeness (QED) is 0.621. The Morgan fingerprint density at radius 2 is 1.92 bits per heavy atom. The minimum Gasteiger partial charge on any atom is -0.129 e. The topological polar surface area (TPSA) is 0 Å². The van der Waals surface area contributed by atoms with E-state index >= 15 is 0 Å². The fourth-order valence-electron chi connectivity index (χ4n) is 1.39. The molecule has 1 atom stereocenters. The molecule has 0 amide bonds. The first-order valence-electron chi connectivity index (χ1n) is 4.42. The van der Waals surface area contributed by atoms with Crippen molar-refractivity contribution >= 4 is 23.8 Å². The first kappa shape index (κ1) is 8.59. The van der Waals surface area contributed by atoms with Crippen molar-refractivity contribution in [2.75, 3.05) is 11.9 Å². The fourth-order valence-corrected chi connectivity index (χ4v) is 6.14. The monoisotopic (exact) mass is 196 g/mol. The lowest BCUT2D eigenvalue weighted by molar-refractivity contribution is 0.900. The first-order valence-corrected chi connectivity index (χ1v) is 7.54. The maximum Gasteiger partial charge on any atom is -0.00223 e. The predicted molar refractivity (Wildman–Crippen MR) is 59.6 cm³/mol. The van der Waals surface area contributed by atoms with Gasteiger partial charge in [-0.2, -0.15) is 0 Å². The van der Waals surface area contributed by atoms with Gasteiger partial charge in [0.05, 0.1) is 0 Å². The average Bonchev–Trinajstić information content (AvgIpc) is 2.21. The highest BCUT2D eigenvalue weighted by atomic mass is 32.7. The van der Waals surface area contributed by atoms with E-state index in [9.17, 15) is 0 Å². The number of hydrogen-bond donors (Lipinski definition) is 0. The highest BCUT2D eigenvalue weighted by Gasteiger charge is 2.14. The molecule has 1 saturated heterocycles. The molecule has 1 aromatic carbocycles. The molecule has 1 aliphatic rings. The minimum absolute atomic E-state index is 0.150. The molecule has 1 aromatic rings. The van der Waals surface area contributed by atoms with Crippen molar-refractivity contribution in [2.45, 2.75) is 12.8 Å². The molecule has 2 rings (SSSR count). The standard InChI is InChI=1S/C10H13PS/c1-2-6-10(7-3-1)11-8-4-5-9-12-11/h1-3,6-7H,4-5,8-9H2. The van der Waals surface area contributed by atoms with Gasteiger partial charge in [0.1, 0.15) is 0 Å². The second-order valence-electron chi connectivity index (χ2n) is 2.98. The molecule has 2 heteroatoms. The van der Waals surface area contributed by atoms with Crippen LogP contribution in [0.15, 0.2) is 30.3 Å². The summed E-state index contributed by atoms with van der Waals surface area (Å²) in [7, 11) is 0.150. The lowest BCUT2D eigenvalue weighted by atomic mass is 10.4. The zero-order chi connectivity index (χ0) is 8.23. The van der Waals surface area contributed by atoms with Crippen LogP contribution in [0, 0.1) is 0 Å². The number of benzene rings is 1. The third-order valence-electron chi connectivity index (χ3n) is 2.05. The van der Waals surface area contributed by atoms with Crippen molar-refractivity contribution in [1.82, 2.24) is 0 Å². The van der Waals surface area contributed by atoms with Gasteiger partial charge in [-0.15, -0.1) is 11.4 Å². The minimum atomic E-state index is 0.150. The molecular formula is C10H13PS. The van der Waals surface area contributed by atoms with E-state index in [1.165, 1.54) is 24.8 Å². The Morgan fingerprint density at radius 3 is 2.58 bits per heavy atom. The van der Waals surface area contributed by atoms with Gasteiger partial charge in [-0.05, 0) is 37.2 Å². The normalized spacial score (nSPS) is 23.8. The highest BCUT2D eigenvalue weighted by molar-refractivity contribution is 8.57. The maximum atomic E-state index is 2.28. The van der Waals surface area contributed by atoms with Gasteiger partial charge in [0, 0.05) is 0 Å². The van der Waals surface area contributed by atoms with Gasteiger partial charge in [-0.3, -0.25) is 0 Å². The van der Waals surface area contributed by atoms with Gasteiger partial charge in [0.25, 0.3) is 0 Å². The van der Waals surface area contributed by atoms with Crippen LogP contribution in [0.3, 0.4) is 0 Å². The Labute approximate surface area is 79.3 Å². The van der Waals surface area contributed by atoms with Crippen LogP contribution in [-0.4, -0.2) is 11.9 Å². The van der Waals surface area contributed by atoms with Crippen LogP contribution in [0.25, 0.3) is 0 Å². The molecule has 0 nitrogen and oxygen atoms in total. The molecule has 0 bridgehead atoms. The Balaban J connectivity index is 2.08. The van der Waals surface area contributed by atoms with Crippen molar-refractivity contribution in [3.8, 4) is 0 Å². The van der Waals surface area contributed by atoms with Crippen LogP contribution in [0.2, 0.25) is 0 Å². The molecule has 0 N–H and O–H groups in total. The molecule has 0 saturated carbocycles. The van der Waals surface area contributed by atoms with Gasteiger partial charge < -0.3 is 0 Å². The van der Waals surface area contributed by atoms with Gasteiger partial charge >= 0.3 is 0 Å². The van der Waals surface area contributed by atoms with E-state index in [4.69, 9.17) is 0 Å². The van der Waals surface area contributed by atoms with E-state index in [0.29, 0.717) is 0 Å². The van der Waals surface area contributed by atoms with E-state index in [2.05, 4.69) is 41.7 Å². The lowest BCUT2D eigenvalue weighted by Crippen LogP contribution is -2.04. The van der Waals surface area contributed by atoms with Crippen molar-refractivity contribution < 1.29 is 0 Å². The second-order valence-corrected chi connectivity index (χ2v) is 7.46. The molecule has 1 aliphatic heterocycles. The third kappa shape index (κ3) is 2.02. The van der Waals surface area contributed by atoms with Gasteiger partial charge in [0.15, 0.2) is 0 Å². The second kappa shape index (κ2) is 4.30. The maximum absolute atomic E-state index is 2.28. The van der Waals surface area contributed by atoms with Crippen LogP contribution in [0.1, 0.15) is 12.8 Å². The van der Waals surface area contributed by atoms with Crippen LogP contribution < -0.4 is 5.30 Å². The predicted octanol–water partition coefficient (Wildman–Crippen LogP) is 3.24. The Bertz CT molecular complexity index is 229. The largest absolute Gasteiger partial charge is 0.129 e. The Morgan fingerprint density at radius 1 is 1.08 bits per heavy atom. The van der Waals surface area contributed by atoms with Crippen molar-refractivity contribution in [1.29, 1.82) is 0 Å². The number of rotatable bonds is 1. The van der Waals surface area contributed by atoms with E-state index in [0.717, 1.165) is 0 Å². The molecule has 0 radical (unpaired) electrons. The summed E-state index contributed by atoms with van der Waals surface area (Å²) in [5.74, 6) is 1.38. The molecule has 12 heavy (non-hydrogen) atoms. The van der Waals surface area contributed by atoms with Gasteiger partial charge in [-0.1, -0.05) is 30.3 Å². The average molecular weight is 196 g/mol. The molecular weight excluding hydrogens is 183 g/mol. The summed E-state index contributed by atoms with van der Waals surface area (Å²) in [5, 5.41) is 1.58. The zero-order valence-corrected chi connectivity index (χ0v) is 8.78. The number of hydrogen-bond acceptors (Lipinski definition) is 1. The summed E-state index contributed by atoms with van der Waals surface area (Å²) in [6.45, 7) is 0. The summed E-state index contributed by atoms with van der Waals surface area (Å²) in [6, 6.07) is 11.0. The van der Waals surface area contributed by atoms with E-state index < -0.39 is 0 Å². The summed E-state index contributed by atoms with van der Waals surface area (Å²) in [6.07, 6.45) is 4.30. The molecule has 0 spiro atoms. The Hall–Kier alpha value is -0.0000000000000000555. The van der Waals surface area contributed by atoms with Crippen LogP contribution in [-0.2, 0) is 0 Å². The first-order chi connectivity index (χ1) is 5.97. The van der Waals surface area contributed by atoms with E-state index in [1.54, 1.807) is 5.30 Å². The third-order valence-corrected chi connectivity index (χ3v) is 7.09. The van der Waals surface area contributed by atoms with Crippen molar-refractivity contribution in [3.05, 3.63) is 30.3 Å². The molecule has 0 aromatic heterocycles. The highest BCUT2D eigenvalue weighted by Crippen LogP contribution is 2.52. The van der Waals surface area contributed by atoms with Gasteiger partial charge in [0.2, 0.25) is 0 Å². The van der Waals surface area contributed by atoms with Crippen molar-refractivity contribution in [2.24, 2.45) is 0 Å². The summed E-state index contributed by atoms with van der Waals surface area (Å²) in [5.41, 5.74) is 0. The Kier molecular flexibility index (Phi) is 3.08. The fraction of sp³-hybridized carbons (Fsp3) is 0.400. The summed E-state index contributed by atoms with van der Waals surface area (Å²) in [4.78, 5) is 0. The van der Waals surface area contributed by atoms with Crippen molar-refractivity contribution in [3.63, 3.8) is 0 Å². The molecule has 0 aliphatic carbocycles. The summed E-state index contributed by atoms with van der Waals surface area (Å²) < 4.78 is 0. The van der Waals surface area contributed by atoms with Crippen LogP contribution >= 0.6 is 18.5 Å². The molecule has 64 valence electrons. The molecule has 1 heterocycles. The zero-order valence-electron chi connectivity index (χ0n) is 7.07. The van der Waals surface area contributed by atoms with Gasteiger partial charge in [-0.25, -0.2) is 0 Å². The summed E-state index contributed by atoms with van der Waals surface area (Å²) >= 11 is 2.18. The molecule has 1 unspecified atom stereocenters. The SMILES string of the molecule is c1ccc(P2CCCCS2)cc1. The molecule has 1 fully saturated rings. The lowest BCUT2D eigenvalue weighted by Gasteiger charge is -2.21. The van der Waals surface area contributed by atoms with E-state index in [1.807, 2.05) is 0 Å².